The number of fused-ring (bicyclic) bond motifs is 2. The van der Waals surface area contributed by atoms with Gasteiger partial charge in [-0.25, -0.2) is 10.2 Å². The van der Waals surface area contributed by atoms with Crippen molar-refractivity contribution >= 4 is 21.8 Å². The fraction of sp³-hybridized carbons (Fsp3) is 0.314. The summed E-state index contributed by atoms with van der Waals surface area (Å²) in [6, 6.07) is 24.8. The van der Waals surface area contributed by atoms with E-state index in [-0.39, 0.29) is 21.1 Å². The van der Waals surface area contributed by atoms with E-state index in [0.29, 0.717) is 11.8 Å². The minimum atomic E-state index is -0.463. The van der Waals surface area contributed by atoms with Crippen molar-refractivity contribution in [2.45, 2.75) is 71.6 Å². The second-order valence-corrected chi connectivity index (χ2v) is 11.5. The van der Waals surface area contributed by atoms with Crippen LogP contribution in [0.4, 0.5) is 0 Å². The van der Waals surface area contributed by atoms with Gasteiger partial charge in [0.05, 0.1) is 11.6 Å². The van der Waals surface area contributed by atoms with Crippen molar-refractivity contribution in [3.05, 3.63) is 108 Å². The monoisotopic (exact) mass is 735 g/mol. The average Bonchev–Trinajstić information content (AvgIpc) is 3.65. The number of pyridine rings is 2. The first-order valence-electron chi connectivity index (χ1n) is 14.6. The summed E-state index contributed by atoms with van der Waals surface area (Å²) in [5.74, 6) is 2.33. The largest absolute Gasteiger partial charge is 2.00 e. The molecular weight excluding hydrogens is 700 g/mol. The van der Waals surface area contributed by atoms with Crippen LogP contribution < -0.4 is 0 Å². The number of aromatic nitrogens is 6. The van der Waals surface area contributed by atoms with Gasteiger partial charge in [0, 0.05) is 27.8 Å². The summed E-state index contributed by atoms with van der Waals surface area (Å²) >= 11 is 0. The summed E-state index contributed by atoms with van der Waals surface area (Å²) in [5.41, 5.74) is 5.82. The molecule has 6 rings (SSSR count). The van der Waals surface area contributed by atoms with Crippen molar-refractivity contribution in [3.8, 4) is 11.6 Å². The molecule has 0 saturated carbocycles. The van der Waals surface area contributed by atoms with Gasteiger partial charge in [-0.05, 0) is 50.2 Å². The number of hydrogen-bond acceptors (Lipinski definition) is 4. The molecule has 7 heteroatoms. The topological polar surface area (TPSA) is 61.4 Å². The van der Waals surface area contributed by atoms with E-state index in [1.54, 1.807) is 9.36 Å². The van der Waals surface area contributed by atoms with Crippen LogP contribution >= 0.6 is 0 Å². The molecule has 0 amide bonds. The van der Waals surface area contributed by atoms with E-state index >= 15 is 0 Å². The number of nitrogens with zero attached hydrogens (tertiary/aromatic N) is 6. The van der Waals surface area contributed by atoms with Gasteiger partial charge in [0.25, 0.3) is 0 Å². The zero-order valence-electron chi connectivity index (χ0n) is 25.0. The molecule has 42 heavy (non-hydrogen) atoms. The van der Waals surface area contributed by atoms with Gasteiger partial charge in [-0.2, -0.15) is 0 Å². The fourth-order valence-corrected chi connectivity index (χ4v) is 5.37. The molecule has 0 saturated heterocycles. The van der Waals surface area contributed by atoms with Crippen molar-refractivity contribution in [2.75, 3.05) is 0 Å². The smallest absolute Gasteiger partial charge is 0.311 e. The van der Waals surface area contributed by atoms with Crippen molar-refractivity contribution in [3.63, 3.8) is 0 Å². The van der Waals surface area contributed by atoms with Crippen molar-refractivity contribution in [2.24, 2.45) is 0 Å². The molecule has 0 bridgehead atoms. The Balaban J connectivity index is 0.00000353. The van der Waals surface area contributed by atoms with Gasteiger partial charge < -0.3 is 9.36 Å². The van der Waals surface area contributed by atoms with Crippen LogP contribution in [0.1, 0.15) is 88.7 Å². The Morgan fingerprint density at radius 3 is 1.45 bits per heavy atom. The zero-order chi connectivity index (χ0) is 28.7. The van der Waals surface area contributed by atoms with Crippen LogP contribution in [0.15, 0.2) is 72.8 Å². The molecule has 4 heterocycles. The third-order valence-electron chi connectivity index (χ3n) is 8.46. The maximum absolute atomic E-state index is 5.06. The maximum Gasteiger partial charge on any atom is 2.00 e. The van der Waals surface area contributed by atoms with E-state index in [0.717, 1.165) is 57.7 Å². The van der Waals surface area contributed by atoms with E-state index < -0.39 is 5.41 Å². The number of hydrogen-bond donors (Lipinski definition) is 0. The summed E-state index contributed by atoms with van der Waals surface area (Å²) in [6.07, 6.45) is 8.96. The van der Waals surface area contributed by atoms with E-state index in [1.165, 1.54) is 11.1 Å². The van der Waals surface area contributed by atoms with E-state index in [2.05, 4.69) is 102 Å². The molecule has 0 N–H and O–H groups in total. The zero-order valence-corrected chi connectivity index (χ0v) is 27.3. The summed E-state index contributed by atoms with van der Waals surface area (Å²) in [4.78, 5) is 10.1. The van der Waals surface area contributed by atoms with Gasteiger partial charge in [0.2, 0.25) is 0 Å². The Morgan fingerprint density at radius 1 is 0.643 bits per heavy atom. The van der Waals surface area contributed by atoms with Gasteiger partial charge in [0.15, 0.2) is 0 Å². The molecule has 4 aromatic heterocycles. The molecule has 0 fully saturated rings. The van der Waals surface area contributed by atoms with Gasteiger partial charge >= 0.3 is 21.1 Å². The van der Waals surface area contributed by atoms with E-state index in [9.17, 15) is 0 Å². The van der Waals surface area contributed by atoms with Gasteiger partial charge in [-0.3, -0.25) is 9.97 Å². The normalized spacial score (nSPS) is 13.3. The molecule has 216 valence electrons. The van der Waals surface area contributed by atoms with E-state index in [1.807, 2.05) is 24.3 Å². The second kappa shape index (κ2) is 11.9. The van der Waals surface area contributed by atoms with Crippen LogP contribution in [0.2, 0.25) is 0 Å². The summed E-state index contributed by atoms with van der Waals surface area (Å²) < 4.78 is 3.55. The van der Waals surface area contributed by atoms with Crippen molar-refractivity contribution in [1.29, 1.82) is 0 Å². The number of rotatable bonds is 8. The summed E-state index contributed by atoms with van der Waals surface area (Å²) in [6.45, 7) is 13.2. The standard InChI is InChI=1S/C35H36N6.Pt/c1-7-23(3)27-15-9-13-25-21-40(38-33(25)27)31-19-11-17-29(36-31)35(5,6)30-18-12-20-32(37-30)41-22-26-14-10-16-28(24(4)8-2)34(26)39-41;/h9-20,23-24H,7-8H2,1-6H3;/q-2;+2. The van der Waals surface area contributed by atoms with Gasteiger partial charge in [-0.15, -0.1) is 35.0 Å². The third-order valence-corrected chi connectivity index (χ3v) is 8.46. The number of benzene rings is 2. The molecule has 0 radical (unpaired) electrons. The van der Waals surface area contributed by atoms with Crippen molar-refractivity contribution in [1.82, 2.24) is 29.5 Å². The average molecular weight is 736 g/mol. The fourth-order valence-electron chi connectivity index (χ4n) is 5.37. The third kappa shape index (κ3) is 5.33. The second-order valence-electron chi connectivity index (χ2n) is 11.5. The Bertz CT molecular complexity index is 1720. The van der Waals surface area contributed by atoms with Gasteiger partial charge in [0.1, 0.15) is 0 Å². The van der Waals surface area contributed by atoms with Crippen LogP contribution in [-0.2, 0) is 26.5 Å². The molecule has 0 aliphatic heterocycles. The molecule has 2 atom stereocenters. The molecule has 6 aromatic rings. The Labute approximate surface area is 262 Å². The molecule has 0 aliphatic rings. The molecule has 0 aliphatic carbocycles. The predicted molar refractivity (Wildman–Crippen MR) is 165 cm³/mol. The van der Waals surface area contributed by atoms with E-state index in [4.69, 9.17) is 20.2 Å². The minimum absolute atomic E-state index is 0. The first kappa shape index (κ1) is 29.8. The van der Waals surface area contributed by atoms with Crippen LogP contribution in [-0.4, -0.2) is 29.5 Å². The molecule has 2 aromatic carbocycles. The Hall–Kier alpha value is -3.63. The summed E-state index contributed by atoms with van der Waals surface area (Å²) in [5, 5.41) is 11.8. The van der Waals surface area contributed by atoms with Gasteiger partial charge in [-0.1, -0.05) is 88.1 Å². The predicted octanol–water partition coefficient (Wildman–Crippen LogP) is 8.11. The first-order valence-corrected chi connectivity index (χ1v) is 14.6. The quantitative estimate of drug-likeness (QED) is 0.148. The summed E-state index contributed by atoms with van der Waals surface area (Å²) in [7, 11) is 0. The molecule has 6 nitrogen and oxygen atoms in total. The molecular formula is C35H36N6Pt. The van der Waals surface area contributed by atoms with Crippen LogP contribution in [0.3, 0.4) is 0 Å². The van der Waals surface area contributed by atoms with Crippen molar-refractivity contribution < 1.29 is 21.1 Å². The Morgan fingerprint density at radius 2 is 1.05 bits per heavy atom. The first-order chi connectivity index (χ1) is 19.8. The molecule has 2 unspecified atom stereocenters. The van der Waals surface area contributed by atoms with Crippen LogP contribution in [0.25, 0.3) is 33.4 Å². The maximum atomic E-state index is 5.06. The van der Waals surface area contributed by atoms with Crippen LogP contribution in [0.5, 0.6) is 0 Å². The van der Waals surface area contributed by atoms with Crippen LogP contribution in [0, 0.1) is 12.4 Å². The SMILES string of the molecule is CCC(C)c1cccc2[c-]n(-c3cccc(C(C)(C)c4cccc(-n5[c-]c6cccc(C(C)CC)c6n5)n4)n3)nc12.[Pt+2]. The minimum Gasteiger partial charge on any atom is -0.311 e. The Kier molecular flexibility index (Phi) is 8.48. The molecule has 0 spiro atoms.